The molecular weight excluding hydrogens is 260 g/mol. The van der Waals surface area contributed by atoms with Crippen molar-refractivity contribution in [1.29, 1.82) is 0 Å². The second kappa shape index (κ2) is 6.33. The maximum Gasteiger partial charge on any atom is 0.407 e. The van der Waals surface area contributed by atoms with E-state index in [2.05, 4.69) is 10.3 Å². The van der Waals surface area contributed by atoms with E-state index in [9.17, 15) is 4.79 Å². The summed E-state index contributed by atoms with van der Waals surface area (Å²) in [6, 6.07) is 9.82. The van der Waals surface area contributed by atoms with E-state index in [0.29, 0.717) is 6.61 Å². The zero-order valence-corrected chi connectivity index (χ0v) is 11.7. The minimum absolute atomic E-state index is 0.151. The molecule has 0 bridgehead atoms. The topological polar surface area (TPSA) is 51.2 Å². The number of thiazole rings is 1. The summed E-state index contributed by atoms with van der Waals surface area (Å²) >= 11 is 1.53. The van der Waals surface area contributed by atoms with Crippen LogP contribution in [0.5, 0.6) is 0 Å². The van der Waals surface area contributed by atoms with Gasteiger partial charge in [-0.2, -0.15) is 0 Å². The smallest absolute Gasteiger partial charge is 0.407 e. The summed E-state index contributed by atoms with van der Waals surface area (Å²) in [6.07, 6.45) is -0.411. The van der Waals surface area contributed by atoms with E-state index in [-0.39, 0.29) is 6.04 Å². The highest BCUT2D eigenvalue weighted by Gasteiger charge is 2.14. The molecule has 2 aromatic rings. The number of aromatic nitrogens is 1. The number of hydrogen-bond donors (Lipinski definition) is 1. The third-order valence-electron chi connectivity index (χ3n) is 2.57. The number of ether oxygens (including phenoxy) is 1. The summed E-state index contributed by atoms with van der Waals surface area (Å²) in [5, 5.41) is 5.61. The molecule has 0 fully saturated rings. The van der Waals surface area contributed by atoms with Gasteiger partial charge in [0, 0.05) is 10.9 Å². The Morgan fingerprint density at radius 1 is 1.42 bits per heavy atom. The van der Waals surface area contributed by atoms with Crippen molar-refractivity contribution in [2.75, 3.05) is 6.61 Å². The van der Waals surface area contributed by atoms with Crippen molar-refractivity contribution in [1.82, 2.24) is 10.3 Å². The van der Waals surface area contributed by atoms with Gasteiger partial charge >= 0.3 is 6.09 Å². The van der Waals surface area contributed by atoms with Gasteiger partial charge in [0.2, 0.25) is 0 Å². The van der Waals surface area contributed by atoms with Crippen LogP contribution in [0.2, 0.25) is 0 Å². The van der Waals surface area contributed by atoms with Crippen molar-refractivity contribution in [3.05, 3.63) is 40.7 Å². The molecule has 0 aliphatic heterocycles. The van der Waals surface area contributed by atoms with Gasteiger partial charge in [0.25, 0.3) is 0 Å². The van der Waals surface area contributed by atoms with Crippen LogP contribution in [0.15, 0.2) is 35.7 Å². The molecule has 1 amide bonds. The van der Waals surface area contributed by atoms with Gasteiger partial charge in [-0.05, 0) is 13.8 Å². The van der Waals surface area contributed by atoms with Crippen LogP contribution < -0.4 is 5.32 Å². The summed E-state index contributed by atoms with van der Waals surface area (Å²) in [6.45, 7) is 4.04. The summed E-state index contributed by atoms with van der Waals surface area (Å²) in [4.78, 5) is 15.9. The first-order valence-electron chi connectivity index (χ1n) is 6.15. The normalized spacial score (nSPS) is 11.9. The second-order valence-electron chi connectivity index (χ2n) is 4.02. The molecule has 1 heterocycles. The number of carbonyl (C=O) groups is 1. The molecule has 0 saturated carbocycles. The summed E-state index contributed by atoms with van der Waals surface area (Å²) < 4.78 is 4.85. The van der Waals surface area contributed by atoms with Crippen LogP contribution in [-0.4, -0.2) is 17.7 Å². The van der Waals surface area contributed by atoms with Crippen LogP contribution in [0.3, 0.4) is 0 Å². The SMILES string of the molecule is CCOC(=O)NC(C)c1nc(-c2ccccc2)cs1. The monoisotopic (exact) mass is 276 g/mol. The molecule has 19 heavy (non-hydrogen) atoms. The van der Waals surface area contributed by atoms with Crippen molar-refractivity contribution in [2.24, 2.45) is 0 Å². The van der Waals surface area contributed by atoms with Crippen LogP contribution in [0.25, 0.3) is 11.3 Å². The standard InChI is InChI=1S/C14H16N2O2S/c1-3-18-14(17)15-10(2)13-16-12(9-19-13)11-7-5-4-6-8-11/h4-10H,3H2,1-2H3,(H,15,17). The predicted octanol–water partition coefficient (Wildman–Crippen LogP) is 3.62. The first kappa shape index (κ1) is 13.5. The number of hydrogen-bond acceptors (Lipinski definition) is 4. The number of rotatable bonds is 4. The van der Waals surface area contributed by atoms with Gasteiger partial charge in [-0.3, -0.25) is 0 Å². The highest BCUT2D eigenvalue weighted by molar-refractivity contribution is 7.10. The zero-order chi connectivity index (χ0) is 13.7. The lowest BCUT2D eigenvalue weighted by molar-refractivity contribution is 0.149. The molecule has 4 nitrogen and oxygen atoms in total. The van der Waals surface area contributed by atoms with Gasteiger partial charge in [-0.1, -0.05) is 30.3 Å². The van der Waals surface area contributed by atoms with Gasteiger partial charge < -0.3 is 10.1 Å². The average molecular weight is 276 g/mol. The molecule has 1 aromatic heterocycles. The van der Waals surface area contributed by atoms with Crippen LogP contribution in [0.1, 0.15) is 24.9 Å². The first-order chi connectivity index (χ1) is 9.20. The van der Waals surface area contributed by atoms with Gasteiger partial charge in [0.1, 0.15) is 5.01 Å². The Labute approximate surface area is 116 Å². The van der Waals surface area contributed by atoms with Crippen LogP contribution in [0, 0.1) is 0 Å². The summed E-state index contributed by atoms with van der Waals surface area (Å²) in [7, 11) is 0. The van der Waals surface area contributed by atoms with Gasteiger partial charge in [0.15, 0.2) is 0 Å². The lowest BCUT2D eigenvalue weighted by atomic mass is 10.2. The molecule has 2 rings (SSSR count). The van der Waals surface area contributed by atoms with Crippen molar-refractivity contribution in [2.45, 2.75) is 19.9 Å². The number of nitrogens with one attached hydrogen (secondary N) is 1. The number of nitrogens with zero attached hydrogens (tertiary/aromatic N) is 1. The van der Waals surface area contributed by atoms with Gasteiger partial charge in [-0.25, -0.2) is 9.78 Å². The minimum atomic E-state index is -0.411. The quantitative estimate of drug-likeness (QED) is 0.928. The Morgan fingerprint density at radius 3 is 2.84 bits per heavy atom. The number of benzene rings is 1. The predicted molar refractivity (Wildman–Crippen MR) is 76.1 cm³/mol. The maximum atomic E-state index is 11.3. The van der Waals surface area contributed by atoms with E-state index in [0.717, 1.165) is 16.3 Å². The fourth-order valence-electron chi connectivity index (χ4n) is 1.64. The Kier molecular flexibility index (Phi) is 4.52. The molecule has 1 aromatic carbocycles. The van der Waals surface area contributed by atoms with E-state index >= 15 is 0 Å². The Morgan fingerprint density at radius 2 is 2.16 bits per heavy atom. The van der Waals surface area contributed by atoms with E-state index in [1.165, 1.54) is 11.3 Å². The molecule has 1 atom stereocenters. The zero-order valence-electron chi connectivity index (χ0n) is 10.9. The van der Waals surface area contributed by atoms with Gasteiger partial charge in [-0.15, -0.1) is 11.3 Å². The minimum Gasteiger partial charge on any atom is -0.450 e. The van der Waals surface area contributed by atoms with E-state index in [1.807, 2.05) is 42.6 Å². The van der Waals surface area contributed by atoms with E-state index in [4.69, 9.17) is 4.74 Å². The first-order valence-corrected chi connectivity index (χ1v) is 7.02. The second-order valence-corrected chi connectivity index (χ2v) is 4.91. The number of carbonyl (C=O) groups excluding carboxylic acids is 1. The van der Waals surface area contributed by atoms with Crippen molar-refractivity contribution >= 4 is 17.4 Å². The third-order valence-corrected chi connectivity index (χ3v) is 3.60. The molecule has 0 radical (unpaired) electrons. The summed E-state index contributed by atoms with van der Waals surface area (Å²) in [5.41, 5.74) is 2.01. The van der Waals surface area contributed by atoms with E-state index < -0.39 is 6.09 Å². The lowest BCUT2D eigenvalue weighted by Crippen LogP contribution is -2.27. The van der Waals surface area contributed by atoms with Crippen LogP contribution in [0.4, 0.5) is 4.79 Å². The molecular formula is C14H16N2O2S. The average Bonchev–Trinajstić information content (AvgIpc) is 2.89. The molecule has 5 heteroatoms. The number of alkyl carbamates (subject to hydrolysis) is 1. The van der Waals surface area contributed by atoms with Gasteiger partial charge in [0.05, 0.1) is 18.3 Å². The van der Waals surface area contributed by atoms with Crippen molar-refractivity contribution < 1.29 is 9.53 Å². The highest BCUT2D eigenvalue weighted by Crippen LogP contribution is 2.25. The van der Waals surface area contributed by atoms with Crippen molar-refractivity contribution in [3.8, 4) is 11.3 Å². The molecule has 0 aliphatic carbocycles. The Bertz CT molecular complexity index is 539. The molecule has 0 saturated heterocycles. The number of amides is 1. The molecule has 0 aliphatic rings. The Balaban J connectivity index is 2.07. The third kappa shape index (κ3) is 3.54. The van der Waals surface area contributed by atoms with Crippen LogP contribution >= 0.6 is 11.3 Å². The molecule has 100 valence electrons. The largest absolute Gasteiger partial charge is 0.450 e. The molecule has 0 spiro atoms. The fourth-order valence-corrected chi connectivity index (χ4v) is 2.47. The lowest BCUT2D eigenvalue weighted by Gasteiger charge is -2.10. The van der Waals surface area contributed by atoms with E-state index in [1.54, 1.807) is 6.92 Å². The highest BCUT2D eigenvalue weighted by atomic mass is 32.1. The summed E-state index contributed by atoms with van der Waals surface area (Å²) in [5.74, 6) is 0. The van der Waals surface area contributed by atoms with Crippen LogP contribution in [-0.2, 0) is 4.74 Å². The van der Waals surface area contributed by atoms with Crippen molar-refractivity contribution in [3.63, 3.8) is 0 Å². The maximum absolute atomic E-state index is 11.3. The fraction of sp³-hybridized carbons (Fsp3) is 0.286. The Hall–Kier alpha value is -1.88. The molecule has 1 unspecified atom stereocenters. The molecule has 1 N–H and O–H groups in total.